The van der Waals surface area contributed by atoms with Gasteiger partial charge >= 0.3 is 0 Å². The smallest absolute Gasteiger partial charge is 0.272 e. The highest BCUT2D eigenvalue weighted by molar-refractivity contribution is 7.99. The highest BCUT2D eigenvalue weighted by atomic mass is 35.5. The Balaban J connectivity index is 1.44. The molecule has 0 unspecified atom stereocenters. The molecule has 0 aliphatic carbocycles. The number of nitrogens with one attached hydrogen (secondary N) is 1. The van der Waals surface area contributed by atoms with Crippen LogP contribution >= 0.6 is 34.7 Å². The third-order valence-electron chi connectivity index (χ3n) is 5.07. The zero-order valence-corrected chi connectivity index (χ0v) is 18.7. The fourth-order valence-corrected chi connectivity index (χ4v) is 5.38. The van der Waals surface area contributed by atoms with Crippen LogP contribution < -0.4 is 10.9 Å². The molecule has 1 fully saturated rings. The summed E-state index contributed by atoms with van der Waals surface area (Å²) in [6.07, 6.45) is 1.90. The van der Waals surface area contributed by atoms with Crippen molar-refractivity contribution in [2.75, 3.05) is 17.7 Å². The minimum absolute atomic E-state index is 0.00638. The Labute approximate surface area is 190 Å². The van der Waals surface area contributed by atoms with Gasteiger partial charge in [0, 0.05) is 6.61 Å². The van der Waals surface area contributed by atoms with E-state index in [1.165, 1.54) is 23.1 Å². The number of para-hydroxylation sites is 1. The van der Waals surface area contributed by atoms with E-state index in [1.807, 2.05) is 15.8 Å². The number of anilines is 1. The molecule has 0 saturated carbocycles. The number of nitrogens with zero attached hydrogens (tertiary/aromatic N) is 4. The maximum Gasteiger partial charge on any atom is 0.272 e. The van der Waals surface area contributed by atoms with E-state index in [0.29, 0.717) is 39.5 Å². The van der Waals surface area contributed by atoms with E-state index in [2.05, 4.69) is 15.5 Å². The number of thioether (sulfide) groups is 1. The highest BCUT2D eigenvalue weighted by Gasteiger charge is 2.23. The van der Waals surface area contributed by atoms with Gasteiger partial charge in [-0.1, -0.05) is 35.5 Å². The Bertz CT molecular complexity index is 1330. The lowest BCUT2D eigenvalue weighted by Gasteiger charge is -2.13. The van der Waals surface area contributed by atoms with Gasteiger partial charge in [-0.25, -0.2) is 0 Å². The molecule has 5 rings (SSSR count). The van der Waals surface area contributed by atoms with Gasteiger partial charge in [0.25, 0.3) is 5.56 Å². The summed E-state index contributed by atoms with van der Waals surface area (Å²) in [4.78, 5) is 25.5. The monoisotopic (exact) mass is 475 g/mol. The summed E-state index contributed by atoms with van der Waals surface area (Å²) in [7, 11) is 0. The highest BCUT2D eigenvalue weighted by Crippen LogP contribution is 2.26. The second-order valence-corrected chi connectivity index (χ2v) is 9.39. The molecule has 1 amide bonds. The molecule has 160 valence electrons. The van der Waals surface area contributed by atoms with Crippen molar-refractivity contribution >= 4 is 62.3 Å². The number of fused-ring (bicyclic) bond motifs is 3. The van der Waals surface area contributed by atoms with Gasteiger partial charge in [-0.2, -0.15) is 0 Å². The van der Waals surface area contributed by atoms with Crippen molar-refractivity contribution in [3.8, 4) is 0 Å². The summed E-state index contributed by atoms with van der Waals surface area (Å²) in [6.45, 7) is 1.15. The second-order valence-electron chi connectivity index (χ2n) is 7.12. The fourth-order valence-electron chi connectivity index (χ4n) is 3.63. The van der Waals surface area contributed by atoms with E-state index in [9.17, 15) is 9.59 Å². The van der Waals surface area contributed by atoms with Crippen molar-refractivity contribution in [2.45, 2.75) is 30.6 Å². The summed E-state index contributed by atoms with van der Waals surface area (Å²) in [6, 6.07) is 8.95. The van der Waals surface area contributed by atoms with Gasteiger partial charge in [-0.3, -0.25) is 18.6 Å². The van der Waals surface area contributed by atoms with Gasteiger partial charge in [0.05, 0.1) is 34.6 Å². The molecular weight excluding hydrogens is 458 g/mol. The molecule has 1 aliphatic heterocycles. The molecule has 3 aromatic heterocycles. The zero-order chi connectivity index (χ0) is 21.4. The van der Waals surface area contributed by atoms with Crippen LogP contribution in [0, 0.1) is 0 Å². The summed E-state index contributed by atoms with van der Waals surface area (Å²) >= 11 is 8.76. The summed E-state index contributed by atoms with van der Waals surface area (Å²) in [5.74, 6) is 0.382. The normalized spacial score (nSPS) is 16.4. The molecule has 1 aromatic carbocycles. The molecule has 11 heteroatoms. The fraction of sp³-hybridized carbons (Fsp3) is 0.300. The van der Waals surface area contributed by atoms with Crippen LogP contribution in [0.1, 0.15) is 12.8 Å². The van der Waals surface area contributed by atoms with Crippen molar-refractivity contribution in [3.63, 3.8) is 0 Å². The third kappa shape index (κ3) is 3.96. The van der Waals surface area contributed by atoms with E-state index in [4.69, 9.17) is 16.3 Å². The molecule has 31 heavy (non-hydrogen) atoms. The molecule has 0 radical (unpaired) electrons. The van der Waals surface area contributed by atoms with Gasteiger partial charge < -0.3 is 10.1 Å². The standard InChI is InChI=1S/C20H18ClN5O3S2/c21-13-5-1-2-6-14(13)22-16(27)11-31-20-24-23-19-25(10-12-4-3-8-29-12)18(28)17-15(26(19)20)7-9-30-17/h1-2,5-7,9,12H,3-4,8,10-11H2,(H,22,27)/t12-/m0/s1. The summed E-state index contributed by atoms with van der Waals surface area (Å²) in [5, 5.41) is 14.3. The summed E-state index contributed by atoms with van der Waals surface area (Å²) < 4.78 is 9.83. The van der Waals surface area contributed by atoms with Crippen LogP contribution in [0.25, 0.3) is 16.0 Å². The number of amides is 1. The van der Waals surface area contributed by atoms with E-state index >= 15 is 0 Å². The Morgan fingerprint density at radius 3 is 3.00 bits per heavy atom. The third-order valence-corrected chi connectivity index (χ3v) is 7.22. The number of hydrogen-bond donors (Lipinski definition) is 1. The van der Waals surface area contributed by atoms with Crippen LogP contribution in [0.3, 0.4) is 0 Å². The molecule has 0 bridgehead atoms. The summed E-state index contributed by atoms with van der Waals surface area (Å²) in [5.41, 5.74) is 1.22. The molecule has 4 heterocycles. The molecule has 0 spiro atoms. The van der Waals surface area contributed by atoms with Gasteiger partial charge in [-0.15, -0.1) is 21.5 Å². The topological polar surface area (TPSA) is 90.5 Å². The number of carbonyl (C=O) groups excluding carboxylic acids is 1. The Morgan fingerprint density at radius 2 is 2.19 bits per heavy atom. The minimum Gasteiger partial charge on any atom is -0.376 e. The number of carbonyl (C=O) groups is 1. The number of thiophene rings is 1. The first-order valence-electron chi connectivity index (χ1n) is 9.76. The molecular formula is C20H18ClN5O3S2. The minimum atomic E-state index is -0.205. The number of halogens is 1. The van der Waals surface area contributed by atoms with Crippen molar-refractivity contribution < 1.29 is 9.53 Å². The Morgan fingerprint density at radius 1 is 1.32 bits per heavy atom. The Hall–Kier alpha value is -2.40. The van der Waals surface area contributed by atoms with Crippen LogP contribution in [-0.2, 0) is 16.1 Å². The van der Waals surface area contributed by atoms with Crippen LogP contribution in [0.15, 0.2) is 45.7 Å². The first-order valence-corrected chi connectivity index (χ1v) is 12.0. The number of aromatic nitrogens is 4. The molecule has 1 aliphatic rings. The van der Waals surface area contributed by atoms with Crippen molar-refractivity contribution in [3.05, 3.63) is 51.1 Å². The van der Waals surface area contributed by atoms with E-state index in [-0.39, 0.29) is 23.3 Å². The van der Waals surface area contributed by atoms with Gasteiger partial charge in [0.15, 0.2) is 5.16 Å². The number of benzene rings is 1. The first kappa shape index (κ1) is 20.5. The largest absolute Gasteiger partial charge is 0.376 e. The predicted molar refractivity (Wildman–Crippen MR) is 122 cm³/mol. The maximum atomic E-state index is 13.1. The maximum absolute atomic E-state index is 13.1. The van der Waals surface area contributed by atoms with E-state index in [0.717, 1.165) is 18.4 Å². The molecule has 4 aromatic rings. The molecule has 1 atom stereocenters. The number of ether oxygens (including phenoxy) is 1. The van der Waals surface area contributed by atoms with Gasteiger partial charge in [0.1, 0.15) is 4.70 Å². The van der Waals surface area contributed by atoms with Crippen LogP contribution in [0.5, 0.6) is 0 Å². The zero-order valence-electron chi connectivity index (χ0n) is 16.3. The lowest BCUT2D eigenvalue weighted by Crippen LogP contribution is -2.28. The number of hydrogen-bond acceptors (Lipinski definition) is 7. The van der Waals surface area contributed by atoms with Crippen LogP contribution in [-0.4, -0.2) is 43.5 Å². The average molecular weight is 476 g/mol. The van der Waals surface area contributed by atoms with Gasteiger partial charge in [0.2, 0.25) is 11.7 Å². The van der Waals surface area contributed by atoms with Crippen molar-refractivity contribution in [2.24, 2.45) is 0 Å². The molecule has 1 saturated heterocycles. The molecule has 1 N–H and O–H groups in total. The SMILES string of the molecule is O=C(CSc1nnc2n(C[C@@H]3CCCO3)c(=O)c3sccc3n12)Nc1ccccc1Cl. The van der Waals surface area contributed by atoms with Crippen LogP contribution in [0.2, 0.25) is 5.02 Å². The lowest BCUT2D eigenvalue weighted by atomic mass is 10.2. The Kier molecular flexibility index (Phi) is 5.70. The van der Waals surface area contributed by atoms with Crippen molar-refractivity contribution in [1.29, 1.82) is 0 Å². The quantitative estimate of drug-likeness (QED) is 0.428. The first-order chi connectivity index (χ1) is 15.1. The van der Waals surface area contributed by atoms with E-state index < -0.39 is 0 Å². The molecule has 8 nitrogen and oxygen atoms in total. The number of rotatable bonds is 6. The van der Waals surface area contributed by atoms with Crippen molar-refractivity contribution in [1.82, 2.24) is 19.2 Å². The average Bonchev–Trinajstić information content (AvgIpc) is 3.51. The predicted octanol–water partition coefficient (Wildman–Crippen LogP) is 3.67. The lowest BCUT2D eigenvalue weighted by molar-refractivity contribution is -0.113. The second kappa shape index (κ2) is 8.62. The van der Waals surface area contributed by atoms with Gasteiger partial charge in [-0.05, 0) is 36.4 Å². The van der Waals surface area contributed by atoms with E-state index in [1.54, 1.807) is 28.8 Å². The van der Waals surface area contributed by atoms with Crippen LogP contribution in [0.4, 0.5) is 5.69 Å².